The van der Waals surface area contributed by atoms with E-state index in [2.05, 4.69) is 10.6 Å². The quantitative estimate of drug-likeness (QED) is 0.464. The maximum absolute atomic E-state index is 12.0. The molecule has 1 aromatic carbocycles. The van der Waals surface area contributed by atoms with Crippen LogP contribution in [-0.4, -0.2) is 31.1 Å². The number of rotatable bonds is 9. The molecule has 0 aromatic heterocycles. The smallest absolute Gasteiger partial charge is 0.312 e. The molecule has 0 saturated carbocycles. The normalized spacial score (nSPS) is 11.4. The van der Waals surface area contributed by atoms with Gasteiger partial charge in [0.05, 0.1) is 19.1 Å². The van der Waals surface area contributed by atoms with E-state index >= 15 is 0 Å². The van der Waals surface area contributed by atoms with Crippen molar-refractivity contribution in [1.29, 1.82) is 0 Å². The lowest BCUT2D eigenvalue weighted by Crippen LogP contribution is -2.37. The van der Waals surface area contributed by atoms with Gasteiger partial charge in [0, 0.05) is 18.0 Å². The molecule has 24 heavy (non-hydrogen) atoms. The van der Waals surface area contributed by atoms with Gasteiger partial charge in [-0.3, -0.25) is 9.59 Å². The number of nitrogens with two attached hydrogens (primary N) is 1. The van der Waals surface area contributed by atoms with Crippen LogP contribution in [-0.2, 0) is 14.3 Å². The number of primary amides is 1. The Morgan fingerprint density at radius 1 is 1.29 bits per heavy atom. The van der Waals surface area contributed by atoms with E-state index < -0.39 is 12.1 Å². The highest BCUT2D eigenvalue weighted by Crippen LogP contribution is 2.24. The van der Waals surface area contributed by atoms with E-state index in [1.54, 1.807) is 31.2 Å². The lowest BCUT2D eigenvalue weighted by Gasteiger charge is -2.19. The van der Waals surface area contributed by atoms with Gasteiger partial charge in [0.25, 0.3) is 0 Å². The lowest BCUT2D eigenvalue weighted by atomic mass is 10.0. The standard InChI is InChI=1S/C16H22ClN3O4/c1-2-24-15(22)8-5-9-19-14(21)10-13(20-16(18)23)11-6-3-4-7-12(11)17/h3-4,6-7,13H,2,5,8-10H2,1H3,(H,19,21)(H3,18,20,23)/t13-/m0/s1. The van der Waals surface area contributed by atoms with Crippen molar-refractivity contribution in [1.82, 2.24) is 10.6 Å². The Balaban J connectivity index is 2.52. The first kappa shape index (κ1) is 19.8. The average molecular weight is 356 g/mol. The number of carbonyl (C=O) groups excluding carboxylic acids is 3. The Morgan fingerprint density at radius 3 is 2.62 bits per heavy atom. The summed E-state index contributed by atoms with van der Waals surface area (Å²) in [6.07, 6.45) is 0.707. The molecule has 132 valence electrons. The van der Waals surface area contributed by atoms with Crippen LogP contribution in [0.5, 0.6) is 0 Å². The first-order valence-corrected chi connectivity index (χ1v) is 8.04. The van der Waals surface area contributed by atoms with Gasteiger partial charge in [-0.25, -0.2) is 4.79 Å². The molecule has 0 saturated heterocycles. The lowest BCUT2D eigenvalue weighted by molar-refractivity contribution is -0.143. The van der Waals surface area contributed by atoms with Gasteiger partial charge < -0.3 is 21.1 Å². The molecule has 1 rings (SSSR count). The summed E-state index contributed by atoms with van der Waals surface area (Å²) >= 11 is 6.10. The van der Waals surface area contributed by atoms with Crippen LogP contribution in [0.3, 0.4) is 0 Å². The number of hydrogen-bond donors (Lipinski definition) is 3. The third kappa shape index (κ3) is 7.32. The van der Waals surface area contributed by atoms with E-state index in [0.29, 0.717) is 30.2 Å². The van der Waals surface area contributed by atoms with Crippen LogP contribution in [0.4, 0.5) is 4.79 Å². The summed E-state index contributed by atoms with van der Waals surface area (Å²) in [5.74, 6) is -0.575. The third-order valence-electron chi connectivity index (χ3n) is 3.17. The molecule has 8 heteroatoms. The van der Waals surface area contributed by atoms with Crippen molar-refractivity contribution in [3.8, 4) is 0 Å². The maximum Gasteiger partial charge on any atom is 0.312 e. The molecule has 0 heterocycles. The monoisotopic (exact) mass is 355 g/mol. The van der Waals surface area contributed by atoms with Gasteiger partial charge in [-0.1, -0.05) is 29.8 Å². The van der Waals surface area contributed by atoms with Crippen molar-refractivity contribution in [2.75, 3.05) is 13.2 Å². The predicted octanol–water partition coefficient (Wildman–Crippen LogP) is 1.90. The van der Waals surface area contributed by atoms with E-state index in [1.807, 2.05) is 0 Å². The first-order valence-electron chi connectivity index (χ1n) is 7.66. The molecule has 0 aliphatic rings. The molecule has 0 radical (unpaired) electrons. The molecule has 0 unspecified atom stereocenters. The predicted molar refractivity (Wildman–Crippen MR) is 90.4 cm³/mol. The average Bonchev–Trinajstić information content (AvgIpc) is 2.51. The molecule has 4 N–H and O–H groups in total. The number of urea groups is 1. The Kier molecular flexibility index (Phi) is 8.64. The van der Waals surface area contributed by atoms with Crippen LogP contribution in [0.15, 0.2) is 24.3 Å². The summed E-state index contributed by atoms with van der Waals surface area (Å²) in [5.41, 5.74) is 5.77. The Bertz CT molecular complexity index is 580. The van der Waals surface area contributed by atoms with Gasteiger partial charge in [0.1, 0.15) is 0 Å². The highest BCUT2D eigenvalue weighted by atomic mass is 35.5. The fraction of sp³-hybridized carbons (Fsp3) is 0.438. The summed E-state index contributed by atoms with van der Waals surface area (Å²) in [6, 6.07) is 5.54. The molecule has 1 atom stereocenters. The minimum Gasteiger partial charge on any atom is -0.466 e. The molecular weight excluding hydrogens is 334 g/mol. The van der Waals surface area contributed by atoms with Gasteiger partial charge >= 0.3 is 12.0 Å². The Morgan fingerprint density at radius 2 is 2.00 bits per heavy atom. The van der Waals surface area contributed by atoms with Gasteiger partial charge in [-0.2, -0.15) is 0 Å². The van der Waals surface area contributed by atoms with Gasteiger partial charge in [-0.05, 0) is 25.0 Å². The Hall–Kier alpha value is -2.28. The number of ether oxygens (including phenoxy) is 1. The molecule has 3 amide bonds. The van der Waals surface area contributed by atoms with Crippen LogP contribution < -0.4 is 16.4 Å². The molecular formula is C16H22ClN3O4. The summed E-state index contributed by atoms with van der Waals surface area (Å²) in [5, 5.41) is 5.64. The van der Waals surface area contributed by atoms with Crippen molar-refractivity contribution < 1.29 is 19.1 Å². The number of benzene rings is 1. The zero-order valence-electron chi connectivity index (χ0n) is 13.5. The highest BCUT2D eigenvalue weighted by Gasteiger charge is 2.19. The second-order valence-electron chi connectivity index (χ2n) is 5.05. The van der Waals surface area contributed by atoms with Crippen molar-refractivity contribution in [2.24, 2.45) is 5.73 Å². The van der Waals surface area contributed by atoms with E-state index in [9.17, 15) is 14.4 Å². The van der Waals surface area contributed by atoms with Gasteiger partial charge in [0.15, 0.2) is 0 Å². The fourth-order valence-corrected chi connectivity index (χ4v) is 2.39. The zero-order valence-corrected chi connectivity index (χ0v) is 14.3. The maximum atomic E-state index is 12.0. The summed E-state index contributed by atoms with van der Waals surface area (Å²) in [6.45, 7) is 2.41. The molecule has 1 aromatic rings. The number of carbonyl (C=O) groups is 3. The van der Waals surface area contributed by atoms with Crippen molar-refractivity contribution in [3.05, 3.63) is 34.9 Å². The van der Waals surface area contributed by atoms with E-state index in [1.165, 1.54) is 0 Å². The van der Waals surface area contributed by atoms with Crippen LogP contribution in [0, 0.1) is 0 Å². The number of esters is 1. The van der Waals surface area contributed by atoms with E-state index in [-0.39, 0.29) is 24.7 Å². The second-order valence-corrected chi connectivity index (χ2v) is 5.45. The van der Waals surface area contributed by atoms with Gasteiger partial charge in [-0.15, -0.1) is 0 Å². The van der Waals surface area contributed by atoms with Crippen molar-refractivity contribution in [3.63, 3.8) is 0 Å². The molecule has 0 aliphatic carbocycles. The number of amides is 3. The second kappa shape index (κ2) is 10.5. The van der Waals surface area contributed by atoms with Crippen LogP contribution in [0.2, 0.25) is 5.02 Å². The van der Waals surface area contributed by atoms with Crippen molar-refractivity contribution >= 4 is 29.5 Å². The molecule has 0 fully saturated rings. The minimum atomic E-state index is -0.741. The molecule has 0 bridgehead atoms. The molecule has 0 aliphatic heterocycles. The van der Waals surface area contributed by atoms with Crippen LogP contribution in [0.1, 0.15) is 37.8 Å². The summed E-state index contributed by atoms with van der Waals surface area (Å²) in [4.78, 5) is 34.4. The number of hydrogen-bond acceptors (Lipinski definition) is 4. The molecule has 7 nitrogen and oxygen atoms in total. The Labute approximate surface area is 145 Å². The van der Waals surface area contributed by atoms with Gasteiger partial charge in [0.2, 0.25) is 5.91 Å². The van der Waals surface area contributed by atoms with E-state index in [0.717, 1.165) is 0 Å². The topological polar surface area (TPSA) is 111 Å². The van der Waals surface area contributed by atoms with E-state index in [4.69, 9.17) is 22.1 Å². The zero-order chi connectivity index (χ0) is 17.9. The van der Waals surface area contributed by atoms with Crippen LogP contribution >= 0.6 is 11.6 Å². The largest absolute Gasteiger partial charge is 0.466 e. The SMILES string of the molecule is CCOC(=O)CCCNC(=O)C[C@H](NC(N)=O)c1ccccc1Cl. The fourth-order valence-electron chi connectivity index (χ4n) is 2.12. The third-order valence-corrected chi connectivity index (χ3v) is 3.52. The first-order chi connectivity index (χ1) is 11.4. The number of halogens is 1. The minimum absolute atomic E-state index is 0.00786. The van der Waals surface area contributed by atoms with Crippen molar-refractivity contribution in [2.45, 2.75) is 32.2 Å². The summed E-state index contributed by atoms with van der Waals surface area (Å²) < 4.78 is 4.80. The summed E-state index contributed by atoms with van der Waals surface area (Å²) in [7, 11) is 0. The molecule has 0 spiro atoms. The highest BCUT2D eigenvalue weighted by molar-refractivity contribution is 6.31. The number of nitrogens with one attached hydrogen (secondary N) is 2. The van der Waals surface area contributed by atoms with Crippen LogP contribution in [0.25, 0.3) is 0 Å².